The first-order valence-electron chi connectivity index (χ1n) is 34.7. The van der Waals surface area contributed by atoms with E-state index in [-0.39, 0.29) is 0 Å². The van der Waals surface area contributed by atoms with E-state index in [0.717, 1.165) is 155 Å². The molecule has 0 unspecified atom stereocenters. The van der Waals surface area contributed by atoms with Crippen LogP contribution >= 0.6 is 0 Å². The van der Waals surface area contributed by atoms with Crippen molar-refractivity contribution in [3.63, 3.8) is 0 Å². The Morgan fingerprint density at radius 2 is 0.589 bits per heavy atom. The van der Waals surface area contributed by atoms with Gasteiger partial charge in [0.2, 0.25) is 0 Å². The summed E-state index contributed by atoms with van der Waals surface area (Å²) in [5, 5.41) is 0. The van der Waals surface area contributed by atoms with Gasteiger partial charge in [0.05, 0.1) is 18.9 Å². The molecule has 0 heterocycles. The molecule has 0 saturated heterocycles. The average molecular weight is 1250 g/mol. The zero-order chi connectivity index (χ0) is 66.2. The van der Waals surface area contributed by atoms with Gasteiger partial charge in [-0.05, 0) is 307 Å². The molecule has 484 valence electrons. The maximum absolute atomic E-state index is 6.23. The second-order valence-electron chi connectivity index (χ2n) is 25.6. The predicted molar refractivity (Wildman–Crippen MR) is 406 cm³/mol. The molecule has 7 heteroatoms. The van der Waals surface area contributed by atoms with Crippen molar-refractivity contribution in [1.82, 2.24) is 0 Å². The highest BCUT2D eigenvalue weighted by atomic mass is 16.5. The second-order valence-corrected chi connectivity index (χ2v) is 25.6. The summed E-state index contributed by atoms with van der Waals surface area (Å²) in [6.45, 7) is 23.5. The van der Waals surface area contributed by atoms with Crippen LogP contribution in [0.15, 0.2) is 249 Å². The largest absolute Gasteiger partial charge is 0.494 e. The highest BCUT2D eigenvalue weighted by Gasteiger charge is 2.23. The fourth-order valence-corrected chi connectivity index (χ4v) is 12.7. The molecule has 0 bridgehead atoms. The molecule has 11 rings (SSSR count). The SMILES string of the molecule is CCCCOc1ccc(N(c2ccc(N(c3ccc(OCCCC)cc3)c3cccc(C)c3)cc2)c2ccc(N(c3ccc(N(c4ccc(N(c5ccc(C)cc5)c5c(C)cccc5C)cc4)c4cc(C)ccc4C)cc3)c3cc(CCCC)cc(CCCC)c3)cc2)cc1. The van der Waals surface area contributed by atoms with E-state index >= 15 is 0 Å². The number of benzene rings is 11. The normalized spacial score (nSPS) is 11.1. The Balaban J connectivity index is 0.993. The first-order valence-corrected chi connectivity index (χ1v) is 34.7. The van der Waals surface area contributed by atoms with Crippen molar-refractivity contribution in [2.75, 3.05) is 37.7 Å². The molecule has 0 aliphatic heterocycles. The fraction of sp³-hybridized carbons (Fsp3) is 0.250. The molecule has 95 heavy (non-hydrogen) atoms. The van der Waals surface area contributed by atoms with E-state index < -0.39 is 0 Å². The molecular formula is C88H95N5O2. The van der Waals surface area contributed by atoms with Gasteiger partial charge in [0, 0.05) is 79.6 Å². The Kier molecular flexibility index (Phi) is 22.2. The molecule has 0 fully saturated rings. The van der Waals surface area contributed by atoms with Crippen molar-refractivity contribution in [2.45, 2.75) is 133 Å². The van der Waals surface area contributed by atoms with Gasteiger partial charge in [-0.1, -0.05) is 120 Å². The van der Waals surface area contributed by atoms with Crippen molar-refractivity contribution in [3.8, 4) is 11.5 Å². The fourth-order valence-electron chi connectivity index (χ4n) is 12.7. The van der Waals surface area contributed by atoms with Gasteiger partial charge in [-0.15, -0.1) is 0 Å². The third-order valence-corrected chi connectivity index (χ3v) is 17.9. The summed E-state index contributed by atoms with van der Waals surface area (Å²) in [5.41, 5.74) is 26.4. The van der Waals surface area contributed by atoms with Gasteiger partial charge >= 0.3 is 0 Å². The molecule has 0 aliphatic rings. The number of hydrogen-bond donors (Lipinski definition) is 0. The molecule has 0 saturated carbocycles. The third-order valence-electron chi connectivity index (χ3n) is 17.9. The molecule has 11 aromatic carbocycles. The molecule has 0 radical (unpaired) electrons. The topological polar surface area (TPSA) is 34.7 Å². The number of hydrogen-bond acceptors (Lipinski definition) is 7. The predicted octanol–water partition coefficient (Wildman–Crippen LogP) is 25.9. The number of rotatable bonds is 29. The van der Waals surface area contributed by atoms with E-state index in [0.29, 0.717) is 13.2 Å². The summed E-state index contributed by atoms with van der Waals surface area (Å²) in [4.78, 5) is 12.0. The Bertz CT molecular complexity index is 4190. The first kappa shape index (κ1) is 66.5. The van der Waals surface area contributed by atoms with Gasteiger partial charge in [0.25, 0.3) is 0 Å². The number of anilines is 15. The van der Waals surface area contributed by atoms with Crippen LogP contribution in [0.3, 0.4) is 0 Å². The zero-order valence-corrected chi connectivity index (χ0v) is 57.7. The molecule has 0 N–H and O–H groups in total. The minimum atomic E-state index is 0.692. The van der Waals surface area contributed by atoms with Gasteiger partial charge in [0.1, 0.15) is 11.5 Å². The lowest BCUT2D eigenvalue weighted by molar-refractivity contribution is 0.309. The average Bonchev–Trinajstić information content (AvgIpc) is 0.793. The lowest BCUT2D eigenvalue weighted by Crippen LogP contribution is -2.15. The van der Waals surface area contributed by atoms with Crippen molar-refractivity contribution in [2.24, 2.45) is 0 Å². The van der Waals surface area contributed by atoms with E-state index in [9.17, 15) is 0 Å². The summed E-state index contributed by atoms with van der Waals surface area (Å²) >= 11 is 0. The smallest absolute Gasteiger partial charge is 0.119 e. The molecular weight excluding hydrogens is 1160 g/mol. The van der Waals surface area contributed by atoms with Gasteiger partial charge in [0.15, 0.2) is 0 Å². The maximum Gasteiger partial charge on any atom is 0.119 e. The number of nitrogens with zero attached hydrogens (tertiary/aromatic N) is 5. The van der Waals surface area contributed by atoms with Crippen LogP contribution in [-0.2, 0) is 12.8 Å². The zero-order valence-electron chi connectivity index (χ0n) is 57.7. The van der Waals surface area contributed by atoms with Crippen LogP contribution in [0.2, 0.25) is 0 Å². The summed E-state index contributed by atoms with van der Waals surface area (Å²) in [5.74, 6) is 1.75. The molecule has 11 aromatic rings. The highest BCUT2D eigenvalue weighted by Crippen LogP contribution is 2.46. The lowest BCUT2D eigenvalue weighted by atomic mass is 10.00. The van der Waals surface area contributed by atoms with Crippen LogP contribution in [0.4, 0.5) is 85.3 Å². The maximum atomic E-state index is 6.23. The minimum Gasteiger partial charge on any atom is -0.494 e. The van der Waals surface area contributed by atoms with Crippen molar-refractivity contribution in [1.29, 1.82) is 0 Å². The number of unbranched alkanes of at least 4 members (excludes halogenated alkanes) is 4. The van der Waals surface area contributed by atoms with Crippen LogP contribution < -0.4 is 34.0 Å². The van der Waals surface area contributed by atoms with Crippen LogP contribution in [0, 0.1) is 41.5 Å². The Hall–Kier alpha value is -9.98. The van der Waals surface area contributed by atoms with Gasteiger partial charge in [-0.3, -0.25) is 0 Å². The molecule has 0 aliphatic carbocycles. The van der Waals surface area contributed by atoms with E-state index in [1.807, 2.05) is 0 Å². The monoisotopic (exact) mass is 1250 g/mol. The van der Waals surface area contributed by atoms with Crippen LogP contribution in [0.25, 0.3) is 0 Å². The van der Waals surface area contributed by atoms with Crippen molar-refractivity contribution >= 4 is 85.3 Å². The summed E-state index contributed by atoms with van der Waals surface area (Å²) in [7, 11) is 0. The quantitative estimate of drug-likeness (QED) is 0.0432. The summed E-state index contributed by atoms with van der Waals surface area (Å²) in [6, 6.07) is 91.8. The first-order chi connectivity index (χ1) is 46.4. The number of aryl methyl sites for hydroxylation is 8. The van der Waals surface area contributed by atoms with Gasteiger partial charge < -0.3 is 34.0 Å². The Morgan fingerprint density at radius 1 is 0.253 bits per heavy atom. The summed E-state index contributed by atoms with van der Waals surface area (Å²) in [6.07, 6.45) is 10.8. The van der Waals surface area contributed by atoms with Gasteiger partial charge in [-0.2, -0.15) is 0 Å². The minimum absolute atomic E-state index is 0.692. The highest BCUT2D eigenvalue weighted by molar-refractivity contribution is 5.87. The molecule has 0 amide bonds. The van der Waals surface area contributed by atoms with E-state index in [1.54, 1.807) is 0 Å². The summed E-state index contributed by atoms with van der Waals surface area (Å²) < 4.78 is 12.3. The number of ether oxygens (including phenoxy) is 2. The molecule has 0 atom stereocenters. The molecule has 0 spiro atoms. The van der Waals surface area contributed by atoms with Crippen LogP contribution in [0.5, 0.6) is 11.5 Å². The van der Waals surface area contributed by atoms with Crippen molar-refractivity contribution < 1.29 is 9.47 Å². The lowest BCUT2D eigenvalue weighted by Gasteiger charge is -2.31. The van der Waals surface area contributed by atoms with Crippen LogP contribution in [0.1, 0.15) is 124 Å². The second kappa shape index (κ2) is 31.8. The number of para-hydroxylation sites is 1. The van der Waals surface area contributed by atoms with E-state index in [1.165, 1.54) is 50.2 Å². The van der Waals surface area contributed by atoms with E-state index in [2.05, 4.69) is 342 Å². The standard InChI is InChI=1S/C88H95N5O2/c1-11-15-24-70-61-71(25-16-12-2)63-84(62-70)91(76-41-43-79(44-42-76)92(87-60-66(7)27-30-67(87)8)80-45-47-82(48-46-80)93(81-31-28-64(5)29-32-81)88-68(9)22-20-23-69(88)10)75-39-35-73(36-40-75)89(77-49-53-85(54-50-77)94-57-17-13-3)72-33-37-74(38-34-72)90(83-26-19-21-65(6)59-83)78-51-55-86(56-52-78)95-58-18-14-4/h19-23,26-56,59-63H,11-18,24-25,57-58H2,1-10H3. The van der Waals surface area contributed by atoms with Gasteiger partial charge in [-0.25, -0.2) is 0 Å². The van der Waals surface area contributed by atoms with Crippen LogP contribution in [-0.4, -0.2) is 13.2 Å². The van der Waals surface area contributed by atoms with Crippen molar-refractivity contribution in [3.05, 3.63) is 293 Å². The van der Waals surface area contributed by atoms with E-state index in [4.69, 9.17) is 9.47 Å². The molecule has 7 nitrogen and oxygen atoms in total. The third kappa shape index (κ3) is 16.2. The Morgan fingerprint density at radius 3 is 1.00 bits per heavy atom. The Labute approximate surface area is 567 Å². The molecule has 0 aromatic heterocycles.